The smallest absolute Gasteiger partial charge is 0.309 e. The van der Waals surface area contributed by atoms with Crippen molar-refractivity contribution in [3.8, 4) is 0 Å². The SMILES string of the molecule is NN(C(=O)C(F)(F)F)N1CCNCC1=S. The van der Waals surface area contributed by atoms with Crippen LogP contribution in [0.15, 0.2) is 0 Å². The third-order valence-electron chi connectivity index (χ3n) is 1.78. The van der Waals surface area contributed by atoms with Gasteiger partial charge in [-0.2, -0.15) is 18.3 Å². The van der Waals surface area contributed by atoms with Crippen LogP contribution in [0.5, 0.6) is 0 Å². The lowest BCUT2D eigenvalue weighted by atomic mass is 10.4. The van der Waals surface area contributed by atoms with Crippen LogP contribution in [-0.2, 0) is 4.79 Å². The number of nitrogens with zero attached hydrogens (tertiary/aromatic N) is 2. The van der Waals surface area contributed by atoms with E-state index in [0.717, 1.165) is 5.01 Å². The zero-order valence-corrected chi connectivity index (χ0v) is 8.36. The molecule has 9 heteroatoms. The molecule has 15 heavy (non-hydrogen) atoms. The van der Waals surface area contributed by atoms with Crippen molar-refractivity contribution in [3.05, 3.63) is 0 Å². The predicted octanol–water partition coefficient (Wildman–Crippen LogP) is -0.601. The molecule has 0 saturated carbocycles. The number of nitrogens with two attached hydrogens (primary N) is 1. The van der Waals surface area contributed by atoms with Gasteiger partial charge in [-0.1, -0.05) is 12.2 Å². The molecule has 0 aromatic carbocycles. The number of carbonyl (C=O) groups excluding carboxylic acids is 1. The van der Waals surface area contributed by atoms with E-state index in [4.69, 9.17) is 18.1 Å². The molecule has 1 saturated heterocycles. The fraction of sp³-hybridized carbons (Fsp3) is 0.667. The first kappa shape index (κ1) is 12.1. The summed E-state index contributed by atoms with van der Waals surface area (Å²) in [6, 6.07) is 0. The summed E-state index contributed by atoms with van der Waals surface area (Å²) in [5, 5.41) is 3.79. The number of hydrazine groups is 2. The Bertz CT molecular complexity index is 282. The van der Waals surface area contributed by atoms with Crippen molar-refractivity contribution >= 4 is 23.1 Å². The molecule has 0 radical (unpaired) electrons. The molecule has 0 unspecified atom stereocenters. The third kappa shape index (κ3) is 2.76. The molecular weight excluding hydrogens is 233 g/mol. The molecule has 1 heterocycles. The molecule has 86 valence electrons. The van der Waals surface area contributed by atoms with E-state index in [9.17, 15) is 18.0 Å². The maximum absolute atomic E-state index is 12.0. The molecule has 5 nitrogen and oxygen atoms in total. The standard InChI is InChI=1S/C6H9F3N4OS/c7-6(8,9)5(14)13(10)12-2-1-11-3-4(12)15/h11H,1-3,10H2. The van der Waals surface area contributed by atoms with Crippen molar-refractivity contribution in [1.82, 2.24) is 15.4 Å². The second-order valence-corrected chi connectivity index (χ2v) is 3.31. The summed E-state index contributed by atoms with van der Waals surface area (Å²) in [6.45, 7) is 0.782. The van der Waals surface area contributed by atoms with Gasteiger partial charge in [-0.25, -0.2) is 5.84 Å². The number of halogens is 3. The van der Waals surface area contributed by atoms with Crippen molar-refractivity contribution in [2.45, 2.75) is 6.18 Å². The molecule has 0 atom stereocenters. The van der Waals surface area contributed by atoms with Gasteiger partial charge in [0.1, 0.15) is 4.99 Å². The van der Waals surface area contributed by atoms with Gasteiger partial charge in [0.2, 0.25) is 0 Å². The molecule has 1 amide bonds. The normalized spacial score (nSPS) is 17.9. The molecule has 0 aliphatic carbocycles. The van der Waals surface area contributed by atoms with E-state index in [1.54, 1.807) is 0 Å². The Balaban J connectivity index is 2.70. The third-order valence-corrected chi connectivity index (χ3v) is 2.13. The molecule has 0 spiro atoms. The van der Waals surface area contributed by atoms with Gasteiger partial charge in [0.25, 0.3) is 0 Å². The van der Waals surface area contributed by atoms with Crippen LogP contribution in [0.3, 0.4) is 0 Å². The Labute approximate surface area is 88.9 Å². The molecule has 1 aliphatic rings. The second-order valence-electron chi connectivity index (χ2n) is 2.84. The van der Waals surface area contributed by atoms with Crippen LogP contribution in [0.4, 0.5) is 13.2 Å². The van der Waals surface area contributed by atoms with Crippen LogP contribution in [0.25, 0.3) is 0 Å². The van der Waals surface area contributed by atoms with Crippen molar-refractivity contribution < 1.29 is 18.0 Å². The summed E-state index contributed by atoms with van der Waals surface area (Å²) in [6.07, 6.45) is -4.99. The van der Waals surface area contributed by atoms with E-state index in [0.29, 0.717) is 6.54 Å². The molecule has 3 N–H and O–H groups in total. The Hall–Kier alpha value is -0.930. The molecular formula is C6H9F3N4OS. The van der Waals surface area contributed by atoms with Crippen LogP contribution in [-0.4, -0.2) is 46.8 Å². The number of piperazine rings is 1. The highest BCUT2D eigenvalue weighted by atomic mass is 32.1. The van der Waals surface area contributed by atoms with Gasteiger partial charge in [0.15, 0.2) is 0 Å². The van der Waals surface area contributed by atoms with Crippen molar-refractivity contribution in [2.75, 3.05) is 19.6 Å². The first-order valence-electron chi connectivity index (χ1n) is 4.01. The lowest BCUT2D eigenvalue weighted by molar-refractivity contribution is -0.197. The minimum atomic E-state index is -4.99. The van der Waals surface area contributed by atoms with Crippen molar-refractivity contribution in [1.29, 1.82) is 0 Å². The Morgan fingerprint density at radius 1 is 1.60 bits per heavy atom. The highest BCUT2D eigenvalue weighted by Crippen LogP contribution is 2.18. The van der Waals surface area contributed by atoms with E-state index in [1.807, 2.05) is 0 Å². The number of rotatable bonds is 1. The molecule has 0 aromatic heterocycles. The lowest BCUT2D eigenvalue weighted by Crippen LogP contribution is -2.62. The molecule has 1 rings (SSSR count). The quantitative estimate of drug-likeness (QED) is 0.278. The second kappa shape index (κ2) is 4.29. The summed E-state index contributed by atoms with van der Waals surface area (Å²) in [4.78, 5) is 10.9. The zero-order chi connectivity index (χ0) is 11.6. The van der Waals surface area contributed by atoms with Crippen LogP contribution in [0.1, 0.15) is 0 Å². The minimum absolute atomic E-state index is 0.0170. The molecule has 0 aromatic rings. The van der Waals surface area contributed by atoms with Crippen LogP contribution in [0, 0.1) is 0 Å². The van der Waals surface area contributed by atoms with Crippen molar-refractivity contribution in [2.24, 2.45) is 5.84 Å². The topological polar surface area (TPSA) is 61.6 Å². The largest absolute Gasteiger partial charge is 0.474 e. The number of nitrogens with one attached hydrogen (secondary N) is 1. The Kier molecular flexibility index (Phi) is 3.47. The maximum Gasteiger partial charge on any atom is 0.474 e. The van der Waals surface area contributed by atoms with Gasteiger partial charge in [-0.3, -0.25) is 9.80 Å². The van der Waals surface area contributed by atoms with Crippen molar-refractivity contribution in [3.63, 3.8) is 0 Å². The molecule has 1 aliphatic heterocycles. The summed E-state index contributed by atoms with van der Waals surface area (Å²) < 4.78 is 36.1. The minimum Gasteiger partial charge on any atom is -0.309 e. The van der Waals surface area contributed by atoms with Gasteiger partial charge < -0.3 is 5.32 Å². The highest BCUT2D eigenvalue weighted by Gasteiger charge is 2.44. The van der Waals surface area contributed by atoms with Crippen LogP contribution in [0.2, 0.25) is 0 Å². The fourth-order valence-electron chi connectivity index (χ4n) is 1.06. The summed E-state index contributed by atoms with van der Waals surface area (Å²) in [5.74, 6) is 2.91. The van der Waals surface area contributed by atoms with Gasteiger partial charge in [-0.15, -0.1) is 0 Å². The Morgan fingerprint density at radius 2 is 2.20 bits per heavy atom. The number of hydrogen-bond donors (Lipinski definition) is 2. The maximum atomic E-state index is 12.0. The average Bonchev–Trinajstić information content (AvgIpc) is 2.15. The number of carbonyl (C=O) groups is 1. The van der Waals surface area contributed by atoms with Crippen LogP contribution < -0.4 is 11.2 Å². The monoisotopic (exact) mass is 242 g/mol. The number of amides is 1. The first-order valence-corrected chi connectivity index (χ1v) is 4.42. The molecule has 1 fully saturated rings. The summed E-state index contributed by atoms with van der Waals surface area (Å²) >= 11 is 4.77. The van der Waals surface area contributed by atoms with Gasteiger partial charge in [0.05, 0.1) is 6.54 Å². The van der Waals surface area contributed by atoms with E-state index in [-0.39, 0.29) is 23.2 Å². The van der Waals surface area contributed by atoms with Gasteiger partial charge >= 0.3 is 12.1 Å². The average molecular weight is 242 g/mol. The highest BCUT2D eigenvalue weighted by molar-refractivity contribution is 7.80. The van der Waals surface area contributed by atoms with Gasteiger partial charge in [0, 0.05) is 13.1 Å². The van der Waals surface area contributed by atoms with Crippen LogP contribution >= 0.6 is 12.2 Å². The van der Waals surface area contributed by atoms with E-state index in [2.05, 4.69) is 5.32 Å². The number of alkyl halides is 3. The molecule has 0 bridgehead atoms. The summed E-state index contributed by atoms with van der Waals surface area (Å²) in [7, 11) is 0. The first-order chi connectivity index (χ1) is 6.84. The Morgan fingerprint density at radius 3 is 2.67 bits per heavy atom. The zero-order valence-electron chi connectivity index (χ0n) is 7.54. The van der Waals surface area contributed by atoms with Gasteiger partial charge in [-0.05, 0) is 0 Å². The van der Waals surface area contributed by atoms with E-state index in [1.165, 1.54) is 0 Å². The van der Waals surface area contributed by atoms with E-state index < -0.39 is 12.1 Å². The number of hydrogen-bond acceptors (Lipinski definition) is 4. The predicted molar refractivity (Wildman–Crippen MR) is 49.3 cm³/mol. The lowest BCUT2D eigenvalue weighted by Gasteiger charge is -2.36. The fourth-order valence-corrected chi connectivity index (χ4v) is 1.34. The number of thiocarbonyl (C=S) groups is 1. The summed E-state index contributed by atoms with van der Waals surface area (Å²) in [5.41, 5.74) is 0. The van der Waals surface area contributed by atoms with E-state index >= 15 is 0 Å².